The molecule has 0 atom stereocenters. The zero-order chi connectivity index (χ0) is 14.4. The molecule has 3 nitrogen and oxygen atoms in total. The van der Waals surface area contributed by atoms with Crippen LogP contribution in [0.1, 0.15) is 33.3 Å². The van der Waals surface area contributed by atoms with Crippen LogP contribution < -0.4 is 10.2 Å². The summed E-state index contributed by atoms with van der Waals surface area (Å²) >= 11 is 3.46. The van der Waals surface area contributed by atoms with Crippen LogP contribution in [0.5, 0.6) is 0 Å². The molecule has 104 valence electrons. The Morgan fingerprint density at radius 3 is 2.47 bits per heavy atom. The lowest BCUT2D eigenvalue weighted by Gasteiger charge is -2.47. The molecule has 1 heterocycles. The number of amides is 1. The number of nitrogens with one attached hydrogen (secondary N) is 1. The molecule has 0 saturated carbocycles. The molecule has 1 saturated heterocycles. The van der Waals surface area contributed by atoms with Gasteiger partial charge in [-0.05, 0) is 58.4 Å². The summed E-state index contributed by atoms with van der Waals surface area (Å²) in [6.45, 7) is 10.9. The predicted octanol–water partition coefficient (Wildman–Crippen LogP) is 3.25. The highest BCUT2D eigenvalue weighted by Crippen LogP contribution is 2.30. The number of hydrogen-bond donors (Lipinski definition) is 1. The van der Waals surface area contributed by atoms with Crippen LogP contribution in [0, 0.1) is 6.92 Å². The maximum Gasteiger partial charge on any atom is 0.246 e. The molecule has 0 spiro atoms. The van der Waals surface area contributed by atoms with Crippen molar-refractivity contribution in [2.45, 2.75) is 45.7 Å². The van der Waals surface area contributed by atoms with E-state index in [-0.39, 0.29) is 11.4 Å². The fourth-order valence-electron chi connectivity index (χ4n) is 2.86. The van der Waals surface area contributed by atoms with Crippen LogP contribution in [0.4, 0.5) is 5.69 Å². The minimum absolute atomic E-state index is 0.100. The Labute approximate surface area is 123 Å². The van der Waals surface area contributed by atoms with Gasteiger partial charge >= 0.3 is 0 Å². The minimum atomic E-state index is -0.540. The maximum absolute atomic E-state index is 12.6. The van der Waals surface area contributed by atoms with Gasteiger partial charge in [0.1, 0.15) is 0 Å². The van der Waals surface area contributed by atoms with E-state index in [1.54, 1.807) is 0 Å². The molecule has 1 aromatic carbocycles. The largest absolute Gasteiger partial charge is 0.309 e. The van der Waals surface area contributed by atoms with Gasteiger partial charge in [-0.3, -0.25) is 10.1 Å². The van der Waals surface area contributed by atoms with E-state index in [0.717, 1.165) is 15.7 Å². The predicted molar refractivity (Wildman–Crippen MR) is 82.5 cm³/mol. The Hall–Kier alpha value is -0.870. The summed E-state index contributed by atoms with van der Waals surface area (Å²) in [7, 11) is 0. The van der Waals surface area contributed by atoms with Gasteiger partial charge in [-0.2, -0.15) is 0 Å². The average Bonchev–Trinajstić information content (AvgIpc) is 2.22. The van der Waals surface area contributed by atoms with Crippen LogP contribution in [0.3, 0.4) is 0 Å². The lowest BCUT2D eigenvalue weighted by molar-refractivity contribution is -0.126. The molecular formula is C15H21BrN2O. The molecule has 0 radical (unpaired) electrons. The van der Waals surface area contributed by atoms with Crippen molar-refractivity contribution in [2.75, 3.05) is 11.4 Å². The summed E-state index contributed by atoms with van der Waals surface area (Å²) in [5.74, 6) is 0.122. The van der Waals surface area contributed by atoms with Crippen molar-refractivity contribution < 1.29 is 4.79 Å². The second kappa shape index (κ2) is 4.60. The van der Waals surface area contributed by atoms with Gasteiger partial charge in [0.05, 0.1) is 5.54 Å². The molecule has 1 fully saturated rings. The average molecular weight is 325 g/mol. The van der Waals surface area contributed by atoms with Gasteiger partial charge in [0, 0.05) is 22.2 Å². The summed E-state index contributed by atoms with van der Waals surface area (Å²) < 4.78 is 1.04. The Kier molecular flexibility index (Phi) is 3.52. The Balaban J connectivity index is 2.45. The second-order valence-electron chi connectivity index (χ2n) is 6.46. The van der Waals surface area contributed by atoms with Crippen LogP contribution in [0.2, 0.25) is 0 Å². The van der Waals surface area contributed by atoms with Crippen LogP contribution in [-0.4, -0.2) is 23.5 Å². The zero-order valence-electron chi connectivity index (χ0n) is 12.2. The normalized spacial score (nSPS) is 21.6. The summed E-state index contributed by atoms with van der Waals surface area (Å²) in [6, 6.07) is 6.04. The van der Waals surface area contributed by atoms with Gasteiger partial charge in [0.25, 0.3) is 0 Å². The fraction of sp³-hybridized carbons (Fsp3) is 0.533. The van der Waals surface area contributed by atoms with Gasteiger partial charge in [-0.1, -0.05) is 15.9 Å². The fourth-order valence-corrected chi connectivity index (χ4v) is 3.34. The smallest absolute Gasteiger partial charge is 0.246 e. The van der Waals surface area contributed by atoms with Gasteiger partial charge in [-0.25, -0.2) is 0 Å². The molecule has 1 amide bonds. The summed E-state index contributed by atoms with van der Waals surface area (Å²) in [5.41, 5.74) is 1.46. The molecule has 1 aromatic rings. The van der Waals surface area contributed by atoms with Crippen molar-refractivity contribution in [1.82, 2.24) is 5.32 Å². The van der Waals surface area contributed by atoms with Crippen LogP contribution in [0.25, 0.3) is 0 Å². The number of anilines is 1. The summed E-state index contributed by atoms with van der Waals surface area (Å²) in [5, 5.41) is 3.41. The molecule has 1 aliphatic rings. The number of hydrogen-bond acceptors (Lipinski definition) is 2. The first kappa shape index (κ1) is 14.5. The number of rotatable bonds is 1. The zero-order valence-corrected chi connectivity index (χ0v) is 13.8. The number of benzene rings is 1. The third-order valence-corrected chi connectivity index (χ3v) is 3.93. The van der Waals surface area contributed by atoms with Crippen LogP contribution in [0.15, 0.2) is 22.7 Å². The Morgan fingerprint density at radius 2 is 1.89 bits per heavy atom. The highest BCUT2D eigenvalue weighted by atomic mass is 79.9. The molecule has 4 heteroatoms. The van der Waals surface area contributed by atoms with E-state index in [1.807, 2.05) is 43.9 Å². The lowest BCUT2D eigenvalue weighted by Crippen LogP contribution is -2.70. The van der Waals surface area contributed by atoms with E-state index in [1.165, 1.54) is 0 Å². The first-order chi connectivity index (χ1) is 8.62. The molecule has 1 N–H and O–H groups in total. The van der Waals surface area contributed by atoms with E-state index >= 15 is 0 Å². The number of aryl methyl sites for hydroxylation is 1. The summed E-state index contributed by atoms with van der Waals surface area (Å²) in [6.07, 6.45) is 0. The molecule has 0 unspecified atom stereocenters. The van der Waals surface area contributed by atoms with E-state index in [9.17, 15) is 4.79 Å². The monoisotopic (exact) mass is 324 g/mol. The van der Waals surface area contributed by atoms with Crippen LogP contribution >= 0.6 is 15.9 Å². The number of carbonyl (C=O) groups excluding carboxylic acids is 1. The second-order valence-corrected chi connectivity index (χ2v) is 7.37. The van der Waals surface area contributed by atoms with E-state index in [0.29, 0.717) is 6.54 Å². The number of piperazine rings is 1. The maximum atomic E-state index is 12.6. The number of nitrogens with zero attached hydrogens (tertiary/aromatic N) is 1. The van der Waals surface area contributed by atoms with Gasteiger partial charge in [-0.15, -0.1) is 0 Å². The Bertz CT molecular complexity index is 523. The molecule has 0 bridgehead atoms. The third kappa shape index (κ3) is 2.84. The Morgan fingerprint density at radius 1 is 1.26 bits per heavy atom. The number of carbonyl (C=O) groups is 1. The van der Waals surface area contributed by atoms with Crippen molar-refractivity contribution in [3.63, 3.8) is 0 Å². The standard InChI is InChI=1S/C15H21BrN2O/c1-10-8-11(16)6-7-12(10)18-9-14(2,3)17-15(4,5)13(18)19/h6-8,17H,9H2,1-5H3. The molecular weight excluding hydrogens is 304 g/mol. The highest BCUT2D eigenvalue weighted by Gasteiger charge is 2.44. The van der Waals surface area contributed by atoms with Gasteiger partial charge in [0.15, 0.2) is 0 Å². The van der Waals surface area contributed by atoms with E-state index in [4.69, 9.17) is 0 Å². The van der Waals surface area contributed by atoms with Crippen molar-refractivity contribution in [3.05, 3.63) is 28.2 Å². The van der Waals surface area contributed by atoms with Crippen molar-refractivity contribution >= 4 is 27.5 Å². The summed E-state index contributed by atoms with van der Waals surface area (Å²) in [4.78, 5) is 14.5. The van der Waals surface area contributed by atoms with Gasteiger partial charge < -0.3 is 4.90 Å². The molecule has 0 aromatic heterocycles. The van der Waals surface area contributed by atoms with Crippen molar-refractivity contribution in [1.29, 1.82) is 0 Å². The quantitative estimate of drug-likeness (QED) is 0.860. The van der Waals surface area contributed by atoms with Crippen molar-refractivity contribution in [2.24, 2.45) is 0 Å². The van der Waals surface area contributed by atoms with Crippen LogP contribution in [-0.2, 0) is 4.79 Å². The lowest BCUT2D eigenvalue weighted by atomic mass is 9.90. The first-order valence-electron chi connectivity index (χ1n) is 6.50. The molecule has 0 aliphatic carbocycles. The third-order valence-electron chi connectivity index (χ3n) is 3.43. The highest BCUT2D eigenvalue weighted by molar-refractivity contribution is 9.10. The first-order valence-corrected chi connectivity index (χ1v) is 7.29. The van der Waals surface area contributed by atoms with Crippen molar-refractivity contribution in [3.8, 4) is 0 Å². The molecule has 2 rings (SSSR count). The molecule has 19 heavy (non-hydrogen) atoms. The SMILES string of the molecule is Cc1cc(Br)ccc1N1CC(C)(C)NC(C)(C)C1=O. The molecule has 1 aliphatic heterocycles. The van der Waals surface area contributed by atoms with E-state index in [2.05, 4.69) is 35.1 Å². The van der Waals surface area contributed by atoms with Gasteiger partial charge in [0.2, 0.25) is 5.91 Å². The van der Waals surface area contributed by atoms with E-state index < -0.39 is 5.54 Å². The number of halogens is 1. The topological polar surface area (TPSA) is 32.3 Å². The minimum Gasteiger partial charge on any atom is -0.309 e.